The summed E-state index contributed by atoms with van der Waals surface area (Å²) in [5, 5.41) is 14.6. The van der Waals surface area contributed by atoms with Crippen LogP contribution in [0.2, 0.25) is 0 Å². The number of nitriles is 1. The molecule has 112 valence electrons. The number of methoxy groups -OCH3 is 2. The normalized spacial score (nSPS) is 11.1. The molecule has 0 saturated carbocycles. The standard InChI is InChI=1S/C15H19N3O3/c1-11-6-4-5-7-13(11)18-15(19)12(8-16)9-17-10-14(20-2)21-3/h4-7,9,14,17H,10H2,1-3H3,(H,18,19)/b12-9-. The maximum Gasteiger partial charge on any atom is 0.267 e. The first kappa shape index (κ1) is 16.7. The number of benzene rings is 1. The molecule has 0 radical (unpaired) electrons. The lowest BCUT2D eigenvalue weighted by Crippen LogP contribution is -2.27. The number of aryl methyl sites for hydroxylation is 1. The van der Waals surface area contributed by atoms with E-state index < -0.39 is 12.2 Å². The molecule has 21 heavy (non-hydrogen) atoms. The zero-order valence-corrected chi connectivity index (χ0v) is 12.3. The van der Waals surface area contributed by atoms with E-state index in [0.717, 1.165) is 5.56 Å². The minimum Gasteiger partial charge on any atom is -0.385 e. The number of carbonyl (C=O) groups is 1. The first-order chi connectivity index (χ1) is 10.1. The third-order valence-corrected chi connectivity index (χ3v) is 2.82. The van der Waals surface area contributed by atoms with Gasteiger partial charge < -0.3 is 20.1 Å². The molecule has 0 aliphatic heterocycles. The SMILES string of the molecule is COC(CN/C=C(/C#N)C(=O)Nc1ccccc1C)OC. The number of amides is 1. The van der Waals surface area contributed by atoms with E-state index in [4.69, 9.17) is 14.7 Å². The van der Waals surface area contributed by atoms with Gasteiger partial charge in [-0.05, 0) is 18.6 Å². The number of nitrogens with zero attached hydrogens (tertiary/aromatic N) is 1. The Morgan fingerprint density at radius 1 is 1.38 bits per heavy atom. The maximum absolute atomic E-state index is 12.0. The van der Waals surface area contributed by atoms with Crippen molar-refractivity contribution in [1.29, 1.82) is 5.26 Å². The van der Waals surface area contributed by atoms with Crippen molar-refractivity contribution >= 4 is 11.6 Å². The fraction of sp³-hybridized carbons (Fsp3) is 0.333. The number of ether oxygens (including phenoxy) is 2. The van der Waals surface area contributed by atoms with Crippen molar-refractivity contribution in [3.05, 3.63) is 41.6 Å². The molecule has 0 aliphatic carbocycles. The van der Waals surface area contributed by atoms with Crippen molar-refractivity contribution in [3.8, 4) is 6.07 Å². The molecule has 2 N–H and O–H groups in total. The summed E-state index contributed by atoms with van der Waals surface area (Å²) in [5.74, 6) is -0.467. The van der Waals surface area contributed by atoms with Gasteiger partial charge in [0.05, 0.1) is 6.54 Å². The summed E-state index contributed by atoms with van der Waals surface area (Å²) >= 11 is 0. The van der Waals surface area contributed by atoms with Crippen LogP contribution in [0.1, 0.15) is 5.56 Å². The highest BCUT2D eigenvalue weighted by Gasteiger charge is 2.10. The summed E-state index contributed by atoms with van der Waals surface area (Å²) < 4.78 is 9.98. The molecule has 1 aromatic carbocycles. The molecule has 0 bridgehead atoms. The number of nitrogens with one attached hydrogen (secondary N) is 2. The van der Waals surface area contributed by atoms with Gasteiger partial charge in [0.1, 0.15) is 11.6 Å². The minimum absolute atomic E-state index is 0.0239. The van der Waals surface area contributed by atoms with E-state index in [1.165, 1.54) is 20.4 Å². The van der Waals surface area contributed by atoms with Crippen molar-refractivity contribution in [2.24, 2.45) is 0 Å². The Kier molecular flexibility index (Phi) is 6.95. The molecule has 1 amide bonds. The predicted octanol–water partition coefficient (Wildman–Crippen LogP) is 1.55. The molecular formula is C15H19N3O3. The van der Waals surface area contributed by atoms with Gasteiger partial charge in [0.25, 0.3) is 5.91 Å². The van der Waals surface area contributed by atoms with Gasteiger partial charge in [-0.25, -0.2) is 0 Å². The van der Waals surface area contributed by atoms with Gasteiger partial charge in [-0.15, -0.1) is 0 Å². The van der Waals surface area contributed by atoms with E-state index in [2.05, 4.69) is 10.6 Å². The van der Waals surface area contributed by atoms with E-state index in [1.54, 1.807) is 6.07 Å². The molecule has 0 heterocycles. The molecule has 0 spiro atoms. The number of hydrogen-bond donors (Lipinski definition) is 2. The molecule has 0 fully saturated rings. The number of rotatable bonds is 7. The average Bonchev–Trinajstić information content (AvgIpc) is 2.50. The number of hydrogen-bond acceptors (Lipinski definition) is 5. The van der Waals surface area contributed by atoms with Crippen LogP contribution in [0.25, 0.3) is 0 Å². The Balaban J connectivity index is 2.65. The summed E-state index contributed by atoms with van der Waals surface area (Å²) in [6.07, 6.45) is 0.902. The Hall–Kier alpha value is -2.36. The molecule has 1 aromatic rings. The lowest BCUT2D eigenvalue weighted by molar-refractivity contribution is -0.112. The lowest BCUT2D eigenvalue weighted by Gasteiger charge is -2.13. The maximum atomic E-state index is 12.0. The number of anilines is 1. The summed E-state index contributed by atoms with van der Waals surface area (Å²) in [5.41, 5.74) is 1.58. The minimum atomic E-state index is -0.467. The van der Waals surface area contributed by atoms with Crippen molar-refractivity contribution in [3.63, 3.8) is 0 Å². The first-order valence-electron chi connectivity index (χ1n) is 6.38. The van der Waals surface area contributed by atoms with Crippen LogP contribution >= 0.6 is 0 Å². The second-order valence-electron chi connectivity index (χ2n) is 4.25. The first-order valence-corrected chi connectivity index (χ1v) is 6.38. The van der Waals surface area contributed by atoms with Gasteiger partial charge in [0, 0.05) is 26.1 Å². The van der Waals surface area contributed by atoms with Crippen LogP contribution in [-0.4, -0.2) is 33.0 Å². The fourth-order valence-corrected chi connectivity index (χ4v) is 1.57. The third kappa shape index (κ3) is 5.26. The van der Waals surface area contributed by atoms with Gasteiger partial charge in [0.15, 0.2) is 6.29 Å². The van der Waals surface area contributed by atoms with Crippen molar-refractivity contribution in [1.82, 2.24) is 5.32 Å². The summed E-state index contributed by atoms with van der Waals surface area (Å²) in [4.78, 5) is 12.0. The summed E-state index contributed by atoms with van der Waals surface area (Å²) in [7, 11) is 3.02. The van der Waals surface area contributed by atoms with Crippen LogP contribution in [0.4, 0.5) is 5.69 Å². The quantitative estimate of drug-likeness (QED) is 0.452. The van der Waals surface area contributed by atoms with E-state index >= 15 is 0 Å². The topological polar surface area (TPSA) is 83.4 Å². The summed E-state index contributed by atoms with van der Waals surface area (Å²) in [6.45, 7) is 2.21. The average molecular weight is 289 g/mol. The van der Waals surface area contributed by atoms with Crippen molar-refractivity contribution < 1.29 is 14.3 Å². The molecule has 1 rings (SSSR count). The van der Waals surface area contributed by atoms with E-state index in [9.17, 15) is 4.79 Å². The predicted molar refractivity (Wildman–Crippen MR) is 79.3 cm³/mol. The van der Waals surface area contributed by atoms with Crippen LogP contribution in [0.15, 0.2) is 36.0 Å². The number of para-hydroxylation sites is 1. The molecule has 6 nitrogen and oxygen atoms in total. The zero-order chi connectivity index (χ0) is 15.7. The van der Waals surface area contributed by atoms with Gasteiger partial charge in [0.2, 0.25) is 0 Å². The highest BCUT2D eigenvalue weighted by molar-refractivity contribution is 6.06. The molecule has 0 aliphatic rings. The molecule has 0 saturated heterocycles. The zero-order valence-electron chi connectivity index (χ0n) is 12.3. The fourth-order valence-electron chi connectivity index (χ4n) is 1.57. The highest BCUT2D eigenvalue weighted by Crippen LogP contribution is 2.13. The van der Waals surface area contributed by atoms with E-state index in [-0.39, 0.29) is 5.57 Å². The van der Waals surface area contributed by atoms with Crippen LogP contribution in [0, 0.1) is 18.3 Å². The van der Waals surface area contributed by atoms with Gasteiger partial charge >= 0.3 is 0 Å². The third-order valence-electron chi connectivity index (χ3n) is 2.82. The van der Waals surface area contributed by atoms with E-state index in [0.29, 0.717) is 12.2 Å². The van der Waals surface area contributed by atoms with Crippen LogP contribution in [0.5, 0.6) is 0 Å². The van der Waals surface area contributed by atoms with Gasteiger partial charge in [-0.1, -0.05) is 18.2 Å². The van der Waals surface area contributed by atoms with E-state index in [1.807, 2.05) is 31.2 Å². The second-order valence-corrected chi connectivity index (χ2v) is 4.25. The smallest absolute Gasteiger partial charge is 0.267 e. The second kappa shape index (κ2) is 8.74. The van der Waals surface area contributed by atoms with Gasteiger partial charge in [-0.2, -0.15) is 5.26 Å². The molecule has 0 aromatic heterocycles. The van der Waals surface area contributed by atoms with Crippen LogP contribution in [0.3, 0.4) is 0 Å². The van der Waals surface area contributed by atoms with Gasteiger partial charge in [-0.3, -0.25) is 4.79 Å². The largest absolute Gasteiger partial charge is 0.385 e. The molecule has 6 heteroatoms. The Morgan fingerprint density at radius 2 is 2.05 bits per heavy atom. The van der Waals surface area contributed by atoms with Crippen molar-refractivity contribution in [2.45, 2.75) is 13.2 Å². The lowest BCUT2D eigenvalue weighted by atomic mass is 10.2. The number of carbonyl (C=O) groups excluding carboxylic acids is 1. The Morgan fingerprint density at radius 3 is 2.62 bits per heavy atom. The Bertz CT molecular complexity index is 545. The highest BCUT2D eigenvalue weighted by atomic mass is 16.7. The van der Waals surface area contributed by atoms with Crippen LogP contribution < -0.4 is 10.6 Å². The van der Waals surface area contributed by atoms with Crippen LogP contribution in [-0.2, 0) is 14.3 Å². The van der Waals surface area contributed by atoms with Crippen molar-refractivity contribution in [2.75, 3.05) is 26.1 Å². The molecule has 0 atom stereocenters. The molecule has 0 unspecified atom stereocenters. The Labute approximate surface area is 124 Å². The summed E-state index contributed by atoms with van der Waals surface area (Å²) in [6, 6.07) is 9.21. The monoisotopic (exact) mass is 289 g/mol. The molecular weight excluding hydrogens is 270 g/mol.